The summed E-state index contributed by atoms with van der Waals surface area (Å²) in [5.74, 6) is -0.541. The van der Waals surface area contributed by atoms with Gasteiger partial charge in [-0.15, -0.1) is 0 Å². The SMILES string of the molecule is Fc1cccc(Cc2nccnc2Cc2cccc(F)c2)c1. The molecule has 0 saturated carbocycles. The summed E-state index contributed by atoms with van der Waals surface area (Å²) in [6.07, 6.45) is 4.22. The van der Waals surface area contributed by atoms with Gasteiger partial charge in [-0.1, -0.05) is 24.3 Å². The van der Waals surface area contributed by atoms with Gasteiger partial charge in [0.2, 0.25) is 0 Å². The van der Waals surface area contributed by atoms with Gasteiger partial charge in [0.1, 0.15) is 11.6 Å². The minimum Gasteiger partial charge on any atom is -0.257 e. The minimum absolute atomic E-state index is 0.270. The van der Waals surface area contributed by atoms with Crippen molar-refractivity contribution in [2.75, 3.05) is 0 Å². The standard InChI is InChI=1S/C18H14F2N2/c19-15-5-1-3-13(9-15)11-17-18(22-8-7-21-17)12-14-4-2-6-16(20)10-14/h1-10H,11-12H2. The Bertz CT molecular complexity index is 721. The minimum atomic E-state index is -0.270. The monoisotopic (exact) mass is 296 g/mol. The Hall–Kier alpha value is -2.62. The van der Waals surface area contributed by atoms with E-state index in [1.54, 1.807) is 24.5 Å². The molecule has 0 saturated heterocycles. The molecule has 0 aliphatic heterocycles. The zero-order chi connectivity index (χ0) is 15.4. The first-order valence-corrected chi connectivity index (χ1v) is 6.98. The highest BCUT2D eigenvalue weighted by Gasteiger charge is 2.08. The maximum Gasteiger partial charge on any atom is 0.123 e. The molecule has 1 aromatic heterocycles. The summed E-state index contributed by atoms with van der Waals surface area (Å²) in [5.41, 5.74) is 3.22. The van der Waals surface area contributed by atoms with Crippen LogP contribution in [-0.4, -0.2) is 9.97 Å². The number of nitrogens with zero attached hydrogens (tertiary/aromatic N) is 2. The van der Waals surface area contributed by atoms with Crippen LogP contribution < -0.4 is 0 Å². The van der Waals surface area contributed by atoms with Crippen LogP contribution in [0.1, 0.15) is 22.5 Å². The molecule has 0 bridgehead atoms. The highest BCUT2D eigenvalue weighted by atomic mass is 19.1. The van der Waals surface area contributed by atoms with E-state index in [0.29, 0.717) is 12.8 Å². The third kappa shape index (κ3) is 3.52. The second-order valence-corrected chi connectivity index (χ2v) is 5.06. The zero-order valence-corrected chi connectivity index (χ0v) is 11.8. The summed E-state index contributed by atoms with van der Waals surface area (Å²) < 4.78 is 26.6. The predicted octanol–water partition coefficient (Wildman–Crippen LogP) is 3.94. The topological polar surface area (TPSA) is 25.8 Å². The van der Waals surface area contributed by atoms with Crippen LogP contribution in [0.15, 0.2) is 60.9 Å². The molecule has 0 fully saturated rings. The molecule has 0 unspecified atom stereocenters. The van der Waals surface area contributed by atoms with Crippen LogP contribution in [0.4, 0.5) is 8.78 Å². The average molecular weight is 296 g/mol. The van der Waals surface area contributed by atoms with Gasteiger partial charge in [0, 0.05) is 25.2 Å². The molecule has 3 rings (SSSR count). The molecule has 0 radical (unpaired) electrons. The first-order chi connectivity index (χ1) is 10.7. The summed E-state index contributed by atoms with van der Waals surface area (Å²) >= 11 is 0. The largest absolute Gasteiger partial charge is 0.257 e. The molecular formula is C18H14F2N2. The molecule has 0 spiro atoms. The Kier molecular flexibility index (Phi) is 4.19. The summed E-state index contributed by atoms with van der Waals surface area (Å²) in [4.78, 5) is 8.69. The predicted molar refractivity (Wildman–Crippen MR) is 80.4 cm³/mol. The van der Waals surface area contributed by atoms with Gasteiger partial charge in [-0.2, -0.15) is 0 Å². The number of hydrogen-bond donors (Lipinski definition) is 0. The smallest absolute Gasteiger partial charge is 0.123 e. The van der Waals surface area contributed by atoms with Gasteiger partial charge < -0.3 is 0 Å². The van der Waals surface area contributed by atoms with Crippen molar-refractivity contribution in [2.24, 2.45) is 0 Å². The zero-order valence-electron chi connectivity index (χ0n) is 11.8. The highest BCUT2D eigenvalue weighted by molar-refractivity contribution is 5.29. The molecule has 3 aromatic rings. The van der Waals surface area contributed by atoms with Crippen LogP contribution in [0, 0.1) is 11.6 Å². The quantitative estimate of drug-likeness (QED) is 0.729. The summed E-state index contributed by atoms with van der Waals surface area (Å²) in [5, 5.41) is 0. The fraction of sp³-hybridized carbons (Fsp3) is 0.111. The maximum absolute atomic E-state index is 13.3. The van der Waals surface area contributed by atoms with Crippen LogP contribution in [0.5, 0.6) is 0 Å². The van der Waals surface area contributed by atoms with E-state index in [9.17, 15) is 8.78 Å². The molecule has 0 aliphatic rings. The van der Waals surface area contributed by atoms with Crippen LogP contribution in [0.2, 0.25) is 0 Å². The fourth-order valence-corrected chi connectivity index (χ4v) is 2.37. The van der Waals surface area contributed by atoms with E-state index >= 15 is 0 Å². The molecule has 1 heterocycles. The van der Waals surface area contributed by atoms with Gasteiger partial charge in [0.05, 0.1) is 11.4 Å². The van der Waals surface area contributed by atoms with E-state index in [-0.39, 0.29) is 11.6 Å². The maximum atomic E-state index is 13.3. The van der Waals surface area contributed by atoms with Crippen molar-refractivity contribution < 1.29 is 8.78 Å². The summed E-state index contributed by atoms with van der Waals surface area (Å²) in [7, 11) is 0. The Morgan fingerprint density at radius 2 is 1.14 bits per heavy atom. The fourth-order valence-electron chi connectivity index (χ4n) is 2.37. The van der Waals surface area contributed by atoms with E-state index < -0.39 is 0 Å². The van der Waals surface area contributed by atoms with Crippen LogP contribution >= 0.6 is 0 Å². The lowest BCUT2D eigenvalue weighted by Gasteiger charge is -2.08. The molecule has 0 aliphatic carbocycles. The normalized spacial score (nSPS) is 10.6. The van der Waals surface area contributed by atoms with Gasteiger partial charge in [-0.3, -0.25) is 9.97 Å². The Labute approximate surface area is 127 Å². The molecule has 0 amide bonds. The second kappa shape index (κ2) is 6.43. The molecule has 0 N–H and O–H groups in total. The summed E-state index contributed by atoms with van der Waals surface area (Å²) in [6, 6.07) is 12.8. The third-order valence-electron chi connectivity index (χ3n) is 3.38. The Morgan fingerprint density at radius 1 is 0.682 bits per heavy atom. The number of rotatable bonds is 4. The lowest BCUT2D eigenvalue weighted by Crippen LogP contribution is -2.03. The van der Waals surface area contributed by atoms with Crippen molar-refractivity contribution >= 4 is 0 Å². The van der Waals surface area contributed by atoms with Crippen molar-refractivity contribution in [3.8, 4) is 0 Å². The van der Waals surface area contributed by atoms with Crippen molar-refractivity contribution in [3.63, 3.8) is 0 Å². The van der Waals surface area contributed by atoms with E-state index in [1.807, 2.05) is 12.1 Å². The molecule has 4 heteroatoms. The van der Waals surface area contributed by atoms with Gasteiger partial charge in [0.25, 0.3) is 0 Å². The van der Waals surface area contributed by atoms with E-state index in [4.69, 9.17) is 0 Å². The van der Waals surface area contributed by atoms with Crippen molar-refractivity contribution in [3.05, 3.63) is 95.1 Å². The van der Waals surface area contributed by atoms with Crippen LogP contribution in [0.25, 0.3) is 0 Å². The van der Waals surface area contributed by atoms with Gasteiger partial charge >= 0.3 is 0 Å². The summed E-state index contributed by atoms with van der Waals surface area (Å²) in [6.45, 7) is 0. The molecular weight excluding hydrogens is 282 g/mol. The average Bonchev–Trinajstić information content (AvgIpc) is 2.49. The van der Waals surface area contributed by atoms with Crippen LogP contribution in [-0.2, 0) is 12.8 Å². The lowest BCUT2D eigenvalue weighted by atomic mass is 10.0. The lowest BCUT2D eigenvalue weighted by molar-refractivity contribution is 0.625. The second-order valence-electron chi connectivity index (χ2n) is 5.06. The van der Waals surface area contributed by atoms with Crippen molar-refractivity contribution in [1.82, 2.24) is 9.97 Å². The van der Waals surface area contributed by atoms with Gasteiger partial charge in [0.15, 0.2) is 0 Å². The van der Waals surface area contributed by atoms with Gasteiger partial charge in [-0.05, 0) is 35.4 Å². The Balaban J connectivity index is 1.86. The van der Waals surface area contributed by atoms with E-state index in [2.05, 4.69) is 9.97 Å². The van der Waals surface area contributed by atoms with Crippen LogP contribution in [0.3, 0.4) is 0 Å². The molecule has 22 heavy (non-hydrogen) atoms. The molecule has 2 nitrogen and oxygen atoms in total. The number of benzene rings is 2. The Morgan fingerprint density at radius 3 is 1.55 bits per heavy atom. The number of hydrogen-bond acceptors (Lipinski definition) is 2. The van der Waals surface area contributed by atoms with Crippen molar-refractivity contribution in [1.29, 1.82) is 0 Å². The molecule has 110 valence electrons. The first kappa shape index (κ1) is 14.3. The van der Waals surface area contributed by atoms with E-state index in [0.717, 1.165) is 22.5 Å². The van der Waals surface area contributed by atoms with E-state index in [1.165, 1.54) is 24.3 Å². The third-order valence-corrected chi connectivity index (χ3v) is 3.38. The first-order valence-electron chi connectivity index (χ1n) is 6.98. The highest BCUT2D eigenvalue weighted by Crippen LogP contribution is 2.15. The number of halogens is 2. The number of aromatic nitrogens is 2. The van der Waals surface area contributed by atoms with Crippen molar-refractivity contribution in [2.45, 2.75) is 12.8 Å². The molecule has 2 aromatic carbocycles. The van der Waals surface area contributed by atoms with Gasteiger partial charge in [-0.25, -0.2) is 8.78 Å². The molecule has 0 atom stereocenters.